The third kappa shape index (κ3) is 3.92. The molecule has 2 aromatic carbocycles. The molecule has 140 valence electrons. The van der Waals surface area contributed by atoms with E-state index in [0.29, 0.717) is 12.2 Å². The van der Waals surface area contributed by atoms with Crippen LogP contribution in [0.25, 0.3) is 16.9 Å². The smallest absolute Gasteiger partial charge is 0.339 e. The average molecular weight is 365 g/mol. The molecule has 0 atom stereocenters. The highest BCUT2D eigenvalue weighted by atomic mass is 16.5. The molecule has 27 heavy (non-hydrogen) atoms. The largest absolute Gasteiger partial charge is 0.478 e. The number of hydrogen-bond donors (Lipinski definition) is 1. The minimum absolute atomic E-state index is 0. The van der Waals surface area contributed by atoms with Crippen molar-refractivity contribution in [2.45, 2.75) is 21.3 Å². The van der Waals surface area contributed by atoms with Gasteiger partial charge in [-0.25, -0.2) is 9.59 Å². The van der Waals surface area contributed by atoms with Crippen LogP contribution in [0.15, 0.2) is 60.7 Å². The molecule has 0 unspecified atom stereocenters. The number of nitrogens with zero attached hydrogens (tertiary/aromatic N) is 1. The molecular weight excluding hydrogens is 342 g/mol. The molecule has 0 saturated carbocycles. The maximum Gasteiger partial charge on any atom is 0.339 e. The first kappa shape index (κ1) is 20.0. The van der Waals surface area contributed by atoms with E-state index in [1.165, 1.54) is 0 Å². The lowest BCUT2D eigenvalue weighted by Gasteiger charge is -2.12. The number of carboxylic acids is 1. The number of carbonyl (C=O) groups excluding carboxylic acids is 1. The predicted octanol–water partition coefficient (Wildman–Crippen LogP) is 4.96. The number of rotatable bonds is 5. The molecule has 0 aliphatic carbocycles. The van der Waals surface area contributed by atoms with Gasteiger partial charge in [0.05, 0.1) is 23.4 Å². The fraction of sp³-hybridized carbons (Fsp3) is 0.182. The summed E-state index contributed by atoms with van der Waals surface area (Å²) in [6.45, 7) is 3.92. The van der Waals surface area contributed by atoms with Gasteiger partial charge in [0.2, 0.25) is 0 Å². The fourth-order valence-electron chi connectivity index (χ4n) is 2.93. The number of esters is 1. The average Bonchev–Trinajstić information content (AvgIpc) is 3.00. The Kier molecular flexibility index (Phi) is 6.19. The Morgan fingerprint density at radius 2 is 1.67 bits per heavy atom. The van der Waals surface area contributed by atoms with Gasteiger partial charge in [-0.1, -0.05) is 37.8 Å². The van der Waals surface area contributed by atoms with E-state index in [1.54, 1.807) is 31.2 Å². The Bertz CT molecular complexity index is 940. The molecule has 1 aromatic heterocycles. The van der Waals surface area contributed by atoms with Gasteiger partial charge in [-0.15, -0.1) is 0 Å². The summed E-state index contributed by atoms with van der Waals surface area (Å²) in [6.07, 6.45) is 0. The first-order valence-corrected chi connectivity index (χ1v) is 8.31. The van der Waals surface area contributed by atoms with Crippen molar-refractivity contribution in [2.75, 3.05) is 6.61 Å². The lowest BCUT2D eigenvalue weighted by molar-refractivity contribution is 0.0525. The summed E-state index contributed by atoms with van der Waals surface area (Å²) in [5.41, 5.74) is 4.02. The minimum Gasteiger partial charge on any atom is -0.478 e. The topological polar surface area (TPSA) is 68.5 Å². The van der Waals surface area contributed by atoms with E-state index in [4.69, 9.17) is 9.84 Å². The Labute approximate surface area is 158 Å². The zero-order valence-electron chi connectivity index (χ0n) is 14.6. The normalized spacial score (nSPS) is 10.1. The molecular formula is C22H23NO4. The molecule has 3 rings (SSSR count). The maximum absolute atomic E-state index is 12.3. The van der Waals surface area contributed by atoms with E-state index in [0.717, 1.165) is 22.6 Å². The standard InChI is InChI=1S/C21H19NO4.CH4/c1-3-26-21(25)18-13-19(15-7-5-4-6-8-15)22(14(18)2)17-11-9-16(10-12-17)20(23)24;/h4-13H,3H2,1-2H3,(H,23,24);1H4. The number of carbonyl (C=O) groups is 2. The third-order valence-electron chi connectivity index (χ3n) is 4.18. The first-order chi connectivity index (χ1) is 12.5. The second-order valence-electron chi connectivity index (χ2n) is 5.80. The van der Waals surface area contributed by atoms with Gasteiger partial charge in [0.15, 0.2) is 0 Å². The van der Waals surface area contributed by atoms with E-state index in [9.17, 15) is 9.59 Å². The summed E-state index contributed by atoms with van der Waals surface area (Å²) in [5.74, 6) is -1.35. The van der Waals surface area contributed by atoms with Crippen molar-refractivity contribution in [1.29, 1.82) is 0 Å². The van der Waals surface area contributed by atoms with Crippen LogP contribution in [0.5, 0.6) is 0 Å². The quantitative estimate of drug-likeness (QED) is 0.649. The van der Waals surface area contributed by atoms with Gasteiger partial charge >= 0.3 is 11.9 Å². The molecule has 0 fully saturated rings. The Morgan fingerprint density at radius 3 is 2.22 bits per heavy atom. The van der Waals surface area contributed by atoms with Gasteiger partial charge in [0, 0.05) is 11.4 Å². The highest BCUT2D eigenvalue weighted by Gasteiger charge is 2.20. The Morgan fingerprint density at radius 1 is 1.04 bits per heavy atom. The van der Waals surface area contributed by atoms with Gasteiger partial charge < -0.3 is 14.4 Å². The Hall–Kier alpha value is -3.34. The second kappa shape index (κ2) is 8.36. The summed E-state index contributed by atoms with van der Waals surface area (Å²) in [6, 6.07) is 18.1. The summed E-state index contributed by atoms with van der Waals surface area (Å²) in [7, 11) is 0. The van der Waals surface area contributed by atoms with Crippen LogP contribution in [0.2, 0.25) is 0 Å². The molecule has 5 heteroatoms. The third-order valence-corrected chi connectivity index (χ3v) is 4.18. The molecule has 1 N–H and O–H groups in total. The van der Waals surface area contributed by atoms with Crippen LogP contribution in [-0.2, 0) is 4.74 Å². The number of ether oxygens (including phenoxy) is 1. The molecule has 1 heterocycles. The number of aromatic nitrogens is 1. The zero-order valence-corrected chi connectivity index (χ0v) is 14.6. The van der Waals surface area contributed by atoms with E-state index >= 15 is 0 Å². The molecule has 3 aromatic rings. The summed E-state index contributed by atoms with van der Waals surface area (Å²) in [4.78, 5) is 23.4. The molecule has 0 aliphatic rings. The van der Waals surface area contributed by atoms with Crippen molar-refractivity contribution < 1.29 is 19.4 Å². The second-order valence-corrected chi connectivity index (χ2v) is 5.80. The monoisotopic (exact) mass is 365 g/mol. The van der Waals surface area contributed by atoms with Crippen molar-refractivity contribution in [2.24, 2.45) is 0 Å². The van der Waals surface area contributed by atoms with E-state index in [2.05, 4.69) is 0 Å². The van der Waals surface area contributed by atoms with Gasteiger partial charge in [-0.05, 0) is 49.7 Å². The molecule has 0 bridgehead atoms. The molecule has 0 amide bonds. The van der Waals surface area contributed by atoms with Crippen LogP contribution >= 0.6 is 0 Å². The van der Waals surface area contributed by atoms with Crippen molar-refractivity contribution in [3.8, 4) is 16.9 Å². The first-order valence-electron chi connectivity index (χ1n) is 8.31. The highest BCUT2D eigenvalue weighted by Crippen LogP contribution is 2.30. The molecule has 0 spiro atoms. The van der Waals surface area contributed by atoms with Gasteiger partial charge in [0.1, 0.15) is 0 Å². The minimum atomic E-state index is -0.976. The summed E-state index contributed by atoms with van der Waals surface area (Å²) < 4.78 is 7.11. The van der Waals surface area contributed by atoms with E-state index in [-0.39, 0.29) is 19.0 Å². The summed E-state index contributed by atoms with van der Waals surface area (Å²) >= 11 is 0. The fourth-order valence-corrected chi connectivity index (χ4v) is 2.93. The predicted molar refractivity (Wildman–Crippen MR) is 106 cm³/mol. The van der Waals surface area contributed by atoms with Gasteiger partial charge in [-0.3, -0.25) is 0 Å². The molecule has 0 radical (unpaired) electrons. The highest BCUT2D eigenvalue weighted by molar-refractivity contribution is 5.93. The number of benzene rings is 2. The van der Waals surface area contributed by atoms with Crippen LogP contribution in [0, 0.1) is 6.92 Å². The van der Waals surface area contributed by atoms with Crippen LogP contribution < -0.4 is 0 Å². The number of aromatic carboxylic acids is 1. The van der Waals surface area contributed by atoms with Crippen molar-refractivity contribution in [3.63, 3.8) is 0 Å². The lowest BCUT2D eigenvalue weighted by Crippen LogP contribution is -2.07. The van der Waals surface area contributed by atoms with E-state index in [1.807, 2.05) is 47.9 Å². The lowest BCUT2D eigenvalue weighted by atomic mass is 10.1. The van der Waals surface area contributed by atoms with Crippen molar-refractivity contribution in [3.05, 3.63) is 77.5 Å². The molecule has 5 nitrogen and oxygen atoms in total. The van der Waals surface area contributed by atoms with Crippen LogP contribution in [-0.4, -0.2) is 28.2 Å². The number of carboxylic acid groups (broad SMARTS) is 1. The van der Waals surface area contributed by atoms with Gasteiger partial charge in [0.25, 0.3) is 0 Å². The van der Waals surface area contributed by atoms with Crippen molar-refractivity contribution in [1.82, 2.24) is 4.57 Å². The van der Waals surface area contributed by atoms with Crippen LogP contribution in [0.4, 0.5) is 0 Å². The molecule has 0 aliphatic heterocycles. The summed E-state index contributed by atoms with van der Waals surface area (Å²) in [5, 5.41) is 9.10. The van der Waals surface area contributed by atoms with E-state index < -0.39 is 5.97 Å². The van der Waals surface area contributed by atoms with Crippen LogP contribution in [0.3, 0.4) is 0 Å². The maximum atomic E-state index is 12.3. The number of hydrogen-bond acceptors (Lipinski definition) is 3. The van der Waals surface area contributed by atoms with Gasteiger partial charge in [-0.2, -0.15) is 0 Å². The Balaban J connectivity index is 0.00000261. The van der Waals surface area contributed by atoms with Crippen LogP contribution in [0.1, 0.15) is 40.8 Å². The molecule has 0 saturated heterocycles. The SMILES string of the molecule is C.CCOC(=O)c1cc(-c2ccccc2)n(-c2ccc(C(=O)O)cc2)c1C. The zero-order chi connectivity index (χ0) is 18.7. The van der Waals surface area contributed by atoms with Crippen molar-refractivity contribution >= 4 is 11.9 Å².